The number of unbranched alkanes of at least 4 members (excludes halogenated alkanes) is 3. The summed E-state index contributed by atoms with van der Waals surface area (Å²) in [5, 5.41) is 47.4. The van der Waals surface area contributed by atoms with E-state index in [1.807, 2.05) is 50.2 Å². The number of aliphatic hydroxyl groups is 4. The second-order valence-electron chi connectivity index (χ2n) is 12.6. The summed E-state index contributed by atoms with van der Waals surface area (Å²) in [7, 11) is 0. The van der Waals surface area contributed by atoms with Gasteiger partial charge in [-0.15, -0.1) is 0 Å². The maximum absolute atomic E-state index is 13.7. The highest BCUT2D eigenvalue weighted by atomic mass is 16.7. The van der Waals surface area contributed by atoms with Gasteiger partial charge in [-0.3, -0.25) is 9.79 Å². The minimum absolute atomic E-state index is 0.151. The van der Waals surface area contributed by atoms with E-state index in [0.717, 1.165) is 75.6 Å². The lowest BCUT2D eigenvalue weighted by molar-refractivity contribution is -0.181. The summed E-state index contributed by atoms with van der Waals surface area (Å²) in [6.45, 7) is 9.84. The van der Waals surface area contributed by atoms with Gasteiger partial charge in [-0.25, -0.2) is 0 Å². The molecule has 1 fully saturated rings. The van der Waals surface area contributed by atoms with Crippen molar-refractivity contribution >= 4 is 22.6 Å². The van der Waals surface area contributed by atoms with Gasteiger partial charge in [0, 0.05) is 66.1 Å². The van der Waals surface area contributed by atoms with Crippen molar-refractivity contribution < 1.29 is 39.1 Å². The molecule has 1 aliphatic carbocycles. The van der Waals surface area contributed by atoms with E-state index in [0.29, 0.717) is 37.4 Å². The first-order valence-corrected chi connectivity index (χ1v) is 17.2. The fourth-order valence-corrected chi connectivity index (χ4v) is 6.41. The first-order valence-electron chi connectivity index (χ1n) is 17.2. The molecule has 0 saturated carbocycles. The Kier molecular flexibility index (Phi) is 12.4. The largest absolute Gasteiger partial charge is 0.456 e. The van der Waals surface area contributed by atoms with E-state index >= 15 is 0 Å². The smallest absolute Gasteiger partial charge is 0.251 e. The van der Waals surface area contributed by atoms with E-state index in [4.69, 9.17) is 19.0 Å². The summed E-state index contributed by atoms with van der Waals surface area (Å²) in [6, 6.07) is 15.9. The highest BCUT2D eigenvalue weighted by molar-refractivity contribution is 6.09. The number of carbonyl (C=O) groups excluding carboxylic acids is 1. The highest BCUT2D eigenvalue weighted by Crippen LogP contribution is 2.43. The van der Waals surface area contributed by atoms with Crippen molar-refractivity contribution in [1.29, 1.82) is 0 Å². The minimum atomic E-state index is -1.34. The molecule has 2 aliphatic heterocycles. The van der Waals surface area contributed by atoms with Crippen molar-refractivity contribution in [2.24, 2.45) is 4.99 Å². The van der Waals surface area contributed by atoms with Gasteiger partial charge in [0.2, 0.25) is 0 Å². The Bertz CT molecular complexity index is 1770. The standard InChI is InChI=1S/C38H49N3O8/c1-5-39-28-19-31-26(17-22(28)3)33(27-18-23(4)29(40-6-2)20-32(27)48-31)24-13-9-10-14-25(24)37(46)41-15-11-7-8-12-16-47-38-35(45)34(44)36(49-38)30(43)21-42/h9-10,13-14,17-20,30,34-36,38-39,42-45H,5-8,11-12,15-16,21H2,1-4H3,(H,41,46)/t30-,34-,35-,36+,38-/m1/s1. The number of aliphatic hydroxyl groups excluding tert-OH is 4. The monoisotopic (exact) mass is 675 g/mol. The van der Waals surface area contributed by atoms with Crippen LogP contribution in [0, 0.1) is 13.8 Å². The second kappa shape index (κ2) is 16.7. The molecular formula is C38H49N3O8. The number of hydrogen-bond donors (Lipinski definition) is 6. The van der Waals surface area contributed by atoms with Crippen LogP contribution < -0.4 is 16.0 Å². The highest BCUT2D eigenvalue weighted by Gasteiger charge is 2.46. The van der Waals surface area contributed by atoms with Gasteiger partial charge < -0.3 is 45.0 Å². The number of amides is 1. The topological polar surface area (TPSA) is 166 Å². The molecule has 3 aliphatic rings. The third kappa shape index (κ3) is 8.15. The van der Waals surface area contributed by atoms with Gasteiger partial charge in [0.15, 0.2) is 6.29 Å². The van der Waals surface area contributed by atoms with Gasteiger partial charge in [-0.1, -0.05) is 31.0 Å². The van der Waals surface area contributed by atoms with Crippen LogP contribution in [0.5, 0.6) is 0 Å². The summed E-state index contributed by atoms with van der Waals surface area (Å²) in [6.07, 6.45) is -2.98. The predicted molar refractivity (Wildman–Crippen MR) is 189 cm³/mol. The zero-order valence-corrected chi connectivity index (χ0v) is 28.7. The van der Waals surface area contributed by atoms with Gasteiger partial charge >= 0.3 is 0 Å². The zero-order valence-electron chi connectivity index (χ0n) is 28.7. The average molecular weight is 676 g/mol. The first kappa shape index (κ1) is 36.4. The van der Waals surface area contributed by atoms with E-state index in [-0.39, 0.29) is 5.91 Å². The van der Waals surface area contributed by atoms with Crippen molar-refractivity contribution in [3.8, 4) is 22.5 Å². The third-order valence-electron chi connectivity index (χ3n) is 8.98. The number of rotatable bonds is 15. The summed E-state index contributed by atoms with van der Waals surface area (Å²) in [5.41, 5.74) is 7.12. The minimum Gasteiger partial charge on any atom is -0.456 e. The van der Waals surface area contributed by atoms with Crippen LogP contribution in [0.2, 0.25) is 0 Å². The molecule has 5 rings (SSSR count). The molecule has 6 N–H and O–H groups in total. The van der Waals surface area contributed by atoms with Gasteiger partial charge in [0.25, 0.3) is 5.91 Å². The van der Waals surface area contributed by atoms with Gasteiger partial charge in [0.05, 0.1) is 12.0 Å². The molecule has 0 aromatic heterocycles. The summed E-state index contributed by atoms with van der Waals surface area (Å²) in [5.74, 6) is 0.556. The molecule has 264 valence electrons. The number of fused-ring (bicyclic) bond motifs is 2. The zero-order chi connectivity index (χ0) is 35.1. The Morgan fingerprint density at radius 2 is 1.76 bits per heavy atom. The van der Waals surface area contributed by atoms with E-state index < -0.39 is 37.3 Å². The molecule has 2 heterocycles. The van der Waals surface area contributed by atoms with Crippen molar-refractivity contribution in [3.05, 3.63) is 70.6 Å². The molecule has 1 amide bonds. The van der Waals surface area contributed by atoms with E-state index in [2.05, 4.69) is 41.6 Å². The van der Waals surface area contributed by atoms with E-state index in [9.17, 15) is 20.1 Å². The fraction of sp³-hybridized carbons (Fsp3) is 0.474. The molecule has 2 aromatic carbocycles. The summed E-state index contributed by atoms with van der Waals surface area (Å²) >= 11 is 0. The predicted octanol–water partition coefficient (Wildman–Crippen LogP) is 4.28. The molecule has 49 heavy (non-hydrogen) atoms. The number of aryl methyl sites for hydroxylation is 2. The average Bonchev–Trinajstić information content (AvgIpc) is 3.38. The van der Waals surface area contributed by atoms with Crippen LogP contribution in [0.15, 0.2) is 57.9 Å². The number of nitrogens with zero attached hydrogens (tertiary/aromatic N) is 1. The van der Waals surface area contributed by atoms with Gasteiger partial charge in [-0.05, 0) is 75.4 Å². The molecule has 0 bridgehead atoms. The number of nitrogens with one attached hydrogen (secondary N) is 2. The Morgan fingerprint density at radius 3 is 2.51 bits per heavy atom. The van der Waals surface area contributed by atoms with Gasteiger partial charge in [-0.2, -0.15) is 0 Å². The van der Waals surface area contributed by atoms with Crippen molar-refractivity contribution in [2.45, 2.75) is 84.1 Å². The van der Waals surface area contributed by atoms with Crippen molar-refractivity contribution in [3.63, 3.8) is 0 Å². The Morgan fingerprint density at radius 1 is 0.980 bits per heavy atom. The second-order valence-corrected chi connectivity index (χ2v) is 12.6. The molecule has 2 aromatic rings. The third-order valence-corrected chi connectivity index (χ3v) is 8.98. The number of anilines is 1. The Balaban J connectivity index is 1.27. The van der Waals surface area contributed by atoms with Crippen LogP contribution >= 0.6 is 0 Å². The number of ether oxygens (including phenoxy) is 2. The van der Waals surface area contributed by atoms with Crippen LogP contribution in [0.25, 0.3) is 33.4 Å². The lowest BCUT2D eigenvalue weighted by Gasteiger charge is -2.20. The van der Waals surface area contributed by atoms with Crippen LogP contribution in [-0.2, 0) is 9.47 Å². The molecular weight excluding hydrogens is 626 g/mol. The molecule has 11 nitrogen and oxygen atoms in total. The molecule has 5 atom stereocenters. The maximum Gasteiger partial charge on any atom is 0.251 e. The molecule has 0 radical (unpaired) electrons. The first-order chi connectivity index (χ1) is 23.7. The maximum atomic E-state index is 13.7. The lowest BCUT2D eigenvalue weighted by Crippen LogP contribution is -2.40. The lowest BCUT2D eigenvalue weighted by atomic mass is 9.89. The molecule has 11 heteroatoms. The number of hydrogen-bond acceptors (Lipinski definition) is 10. The van der Waals surface area contributed by atoms with Crippen LogP contribution in [0.1, 0.15) is 61.0 Å². The molecule has 0 unspecified atom stereocenters. The Hall–Kier alpha value is -3.84. The van der Waals surface area contributed by atoms with E-state index in [1.54, 1.807) is 0 Å². The van der Waals surface area contributed by atoms with E-state index in [1.165, 1.54) is 0 Å². The number of benzene rings is 3. The van der Waals surface area contributed by atoms with Crippen LogP contribution in [-0.4, -0.2) is 89.9 Å². The quantitative estimate of drug-likeness (QED) is 0.0797. The summed E-state index contributed by atoms with van der Waals surface area (Å²) < 4.78 is 17.5. The number of carbonyl (C=O) groups is 1. The van der Waals surface area contributed by atoms with Crippen LogP contribution in [0.3, 0.4) is 0 Å². The fourth-order valence-electron chi connectivity index (χ4n) is 6.41. The molecule has 0 spiro atoms. The van der Waals surface area contributed by atoms with Crippen LogP contribution in [0.4, 0.5) is 5.69 Å². The summed E-state index contributed by atoms with van der Waals surface area (Å²) in [4.78, 5) is 18.3. The normalized spacial score (nSPS) is 20.3. The Labute approximate surface area is 286 Å². The van der Waals surface area contributed by atoms with Crippen molar-refractivity contribution in [1.82, 2.24) is 5.32 Å². The van der Waals surface area contributed by atoms with Crippen molar-refractivity contribution in [2.75, 3.05) is 38.2 Å². The van der Waals surface area contributed by atoms with Gasteiger partial charge in [0.1, 0.15) is 35.8 Å². The SMILES string of the molecule is CCN=c1cc2oc3cc(NCC)c(C)cc3c(-c3ccccc3C(=O)NCCCCCCO[C@@H]3O[C@@H]([C@H](O)CO)[C@H](O)[C@H]3O)c-2cc1C. The molecule has 1 saturated heterocycles.